The van der Waals surface area contributed by atoms with Crippen molar-refractivity contribution in [2.24, 2.45) is 12.1 Å². The van der Waals surface area contributed by atoms with E-state index in [9.17, 15) is 14.9 Å². The fraction of sp³-hybridized carbons (Fsp3) is 0.200. The molecule has 3 aromatic rings. The number of amides is 1. The van der Waals surface area contributed by atoms with Gasteiger partial charge in [-0.3, -0.25) is 14.9 Å². The Bertz CT molecular complexity index is 1130. The number of benzene rings is 2. The molecule has 0 atom stereocenters. The largest absolute Gasteiger partial charge is 0.497 e. The van der Waals surface area contributed by atoms with E-state index in [1.54, 1.807) is 37.8 Å². The number of ether oxygens (including phenoxy) is 1. The molecule has 0 radical (unpaired) electrons. The standard InChI is InChI=1S/C20H20N6O4S/c1-13(14-7-9-17(30-3)10-8-14)21-22-18(27)12-31-20-24-23-19(25(20)2)15-5-4-6-16(11-15)26(28)29/h4-11H,12H2,1-3H3,(H,22,27)/b21-13-. The predicted octanol–water partition coefficient (Wildman–Crippen LogP) is 3.03. The first-order valence-corrected chi connectivity index (χ1v) is 10.1. The quantitative estimate of drug-likeness (QED) is 0.247. The van der Waals surface area contributed by atoms with Crippen molar-refractivity contribution in [3.8, 4) is 17.1 Å². The Hall–Kier alpha value is -3.73. The summed E-state index contributed by atoms with van der Waals surface area (Å²) in [5.74, 6) is 1.00. The van der Waals surface area contributed by atoms with E-state index in [4.69, 9.17) is 4.74 Å². The second-order valence-electron chi connectivity index (χ2n) is 6.42. The zero-order valence-electron chi connectivity index (χ0n) is 17.1. The molecule has 0 saturated heterocycles. The Morgan fingerprint density at radius 1 is 1.26 bits per heavy atom. The minimum absolute atomic E-state index is 0.0285. The van der Waals surface area contributed by atoms with Crippen molar-refractivity contribution in [2.75, 3.05) is 12.9 Å². The molecule has 0 fully saturated rings. The summed E-state index contributed by atoms with van der Waals surface area (Å²) in [4.78, 5) is 22.7. The predicted molar refractivity (Wildman–Crippen MR) is 117 cm³/mol. The Kier molecular flexibility index (Phi) is 6.98. The third-order valence-electron chi connectivity index (χ3n) is 4.34. The summed E-state index contributed by atoms with van der Waals surface area (Å²) in [6.45, 7) is 1.79. The van der Waals surface area contributed by atoms with Crippen LogP contribution in [0, 0.1) is 10.1 Å². The maximum Gasteiger partial charge on any atom is 0.270 e. The van der Waals surface area contributed by atoms with E-state index in [-0.39, 0.29) is 17.3 Å². The molecule has 3 rings (SSSR count). The minimum Gasteiger partial charge on any atom is -0.497 e. The average Bonchev–Trinajstić information content (AvgIpc) is 3.16. The summed E-state index contributed by atoms with van der Waals surface area (Å²) in [7, 11) is 3.33. The van der Waals surface area contributed by atoms with Gasteiger partial charge in [0.1, 0.15) is 5.75 Å². The Balaban J connectivity index is 1.60. The number of nitro groups is 1. The van der Waals surface area contributed by atoms with Crippen LogP contribution in [0.15, 0.2) is 58.8 Å². The highest BCUT2D eigenvalue weighted by molar-refractivity contribution is 7.99. The number of methoxy groups -OCH3 is 1. The first-order valence-electron chi connectivity index (χ1n) is 9.13. The highest BCUT2D eigenvalue weighted by Crippen LogP contribution is 2.25. The highest BCUT2D eigenvalue weighted by atomic mass is 32.2. The molecule has 1 amide bonds. The lowest BCUT2D eigenvalue weighted by atomic mass is 10.1. The third kappa shape index (κ3) is 5.45. The van der Waals surface area contributed by atoms with E-state index in [2.05, 4.69) is 20.7 Å². The van der Waals surface area contributed by atoms with E-state index in [0.29, 0.717) is 22.3 Å². The summed E-state index contributed by atoms with van der Waals surface area (Å²) in [6.07, 6.45) is 0. The van der Waals surface area contributed by atoms with Gasteiger partial charge in [0, 0.05) is 24.7 Å². The topological polar surface area (TPSA) is 125 Å². The molecule has 0 saturated carbocycles. The van der Waals surface area contributed by atoms with Gasteiger partial charge in [0.2, 0.25) is 0 Å². The van der Waals surface area contributed by atoms with Crippen molar-refractivity contribution < 1.29 is 14.5 Å². The maximum atomic E-state index is 12.2. The van der Waals surface area contributed by atoms with Gasteiger partial charge >= 0.3 is 0 Å². The van der Waals surface area contributed by atoms with Gasteiger partial charge in [-0.05, 0) is 36.8 Å². The van der Waals surface area contributed by atoms with Crippen LogP contribution in [-0.2, 0) is 11.8 Å². The van der Waals surface area contributed by atoms with Crippen LogP contribution < -0.4 is 10.2 Å². The Morgan fingerprint density at radius 2 is 2.00 bits per heavy atom. The number of thioether (sulfide) groups is 1. The normalized spacial score (nSPS) is 11.3. The Morgan fingerprint density at radius 3 is 2.68 bits per heavy atom. The van der Waals surface area contributed by atoms with Crippen LogP contribution in [0.1, 0.15) is 12.5 Å². The molecular weight excluding hydrogens is 420 g/mol. The second kappa shape index (κ2) is 9.85. The first kappa shape index (κ1) is 22.0. The van der Waals surface area contributed by atoms with Crippen LogP contribution in [0.4, 0.5) is 5.69 Å². The van der Waals surface area contributed by atoms with Crippen molar-refractivity contribution >= 4 is 29.1 Å². The van der Waals surface area contributed by atoms with E-state index in [0.717, 1.165) is 11.3 Å². The highest BCUT2D eigenvalue weighted by Gasteiger charge is 2.15. The van der Waals surface area contributed by atoms with Crippen LogP contribution >= 0.6 is 11.8 Å². The fourth-order valence-corrected chi connectivity index (χ4v) is 3.36. The molecule has 2 aromatic carbocycles. The summed E-state index contributed by atoms with van der Waals surface area (Å²) in [6, 6.07) is 13.5. The SMILES string of the molecule is COc1ccc(/C(C)=N\NC(=O)CSc2nnc(-c3cccc([N+](=O)[O-])c3)n2C)cc1. The molecule has 0 spiro atoms. The number of nitro benzene ring substituents is 1. The maximum absolute atomic E-state index is 12.2. The third-order valence-corrected chi connectivity index (χ3v) is 5.36. The number of nitrogens with zero attached hydrogens (tertiary/aromatic N) is 5. The number of nitrogens with one attached hydrogen (secondary N) is 1. The summed E-state index contributed by atoms with van der Waals surface area (Å²) in [5.41, 5.74) is 4.59. The molecule has 1 heterocycles. The lowest BCUT2D eigenvalue weighted by Crippen LogP contribution is -2.21. The van der Waals surface area contributed by atoms with Gasteiger partial charge in [0.05, 0.1) is 23.5 Å². The molecule has 0 aliphatic rings. The van der Waals surface area contributed by atoms with E-state index in [1.165, 1.54) is 23.9 Å². The number of hydrogen-bond donors (Lipinski definition) is 1. The molecule has 0 unspecified atom stereocenters. The van der Waals surface area contributed by atoms with E-state index < -0.39 is 4.92 Å². The zero-order valence-corrected chi connectivity index (χ0v) is 17.9. The van der Waals surface area contributed by atoms with E-state index >= 15 is 0 Å². The second-order valence-corrected chi connectivity index (χ2v) is 7.36. The molecule has 10 nitrogen and oxygen atoms in total. The van der Waals surface area contributed by atoms with Gasteiger partial charge in [-0.2, -0.15) is 5.10 Å². The van der Waals surface area contributed by atoms with Gasteiger partial charge < -0.3 is 9.30 Å². The van der Waals surface area contributed by atoms with Crippen molar-refractivity contribution in [1.29, 1.82) is 0 Å². The number of aromatic nitrogens is 3. The first-order chi connectivity index (χ1) is 14.9. The molecule has 0 aliphatic heterocycles. The lowest BCUT2D eigenvalue weighted by molar-refractivity contribution is -0.384. The van der Waals surface area contributed by atoms with Gasteiger partial charge in [0.15, 0.2) is 11.0 Å². The summed E-state index contributed by atoms with van der Waals surface area (Å²) >= 11 is 1.19. The molecule has 1 aromatic heterocycles. The van der Waals surface area contributed by atoms with Crippen molar-refractivity contribution in [3.05, 3.63) is 64.2 Å². The smallest absolute Gasteiger partial charge is 0.270 e. The molecule has 0 aliphatic carbocycles. The number of non-ortho nitro benzene ring substituents is 1. The molecule has 1 N–H and O–H groups in total. The molecule has 0 bridgehead atoms. The number of carbonyl (C=O) groups is 1. The lowest BCUT2D eigenvalue weighted by Gasteiger charge is -2.05. The van der Waals surface area contributed by atoms with Crippen LogP contribution in [0.5, 0.6) is 5.75 Å². The molecule has 160 valence electrons. The molecule has 11 heteroatoms. The fourth-order valence-electron chi connectivity index (χ4n) is 2.66. The monoisotopic (exact) mass is 440 g/mol. The number of rotatable bonds is 8. The van der Waals surface area contributed by atoms with Gasteiger partial charge in [0.25, 0.3) is 11.6 Å². The van der Waals surface area contributed by atoms with Gasteiger partial charge in [-0.1, -0.05) is 23.9 Å². The van der Waals surface area contributed by atoms with Crippen molar-refractivity contribution in [2.45, 2.75) is 12.1 Å². The number of hydrazone groups is 1. The van der Waals surface area contributed by atoms with Crippen LogP contribution in [0.3, 0.4) is 0 Å². The minimum atomic E-state index is -0.464. The summed E-state index contributed by atoms with van der Waals surface area (Å²) < 4.78 is 6.81. The molecule has 31 heavy (non-hydrogen) atoms. The van der Waals surface area contributed by atoms with E-state index in [1.807, 2.05) is 24.3 Å². The number of hydrogen-bond acceptors (Lipinski definition) is 8. The van der Waals surface area contributed by atoms with Gasteiger partial charge in [-0.15, -0.1) is 10.2 Å². The number of carbonyl (C=O) groups excluding carboxylic acids is 1. The van der Waals surface area contributed by atoms with Crippen LogP contribution in [0.2, 0.25) is 0 Å². The van der Waals surface area contributed by atoms with Crippen molar-refractivity contribution in [1.82, 2.24) is 20.2 Å². The zero-order chi connectivity index (χ0) is 22.4. The van der Waals surface area contributed by atoms with Gasteiger partial charge in [-0.25, -0.2) is 5.43 Å². The van der Waals surface area contributed by atoms with Crippen LogP contribution in [-0.4, -0.2) is 44.2 Å². The Labute approximate surface area is 182 Å². The van der Waals surface area contributed by atoms with Crippen molar-refractivity contribution in [3.63, 3.8) is 0 Å². The molecular formula is C20H20N6O4S. The average molecular weight is 440 g/mol. The van der Waals surface area contributed by atoms with Crippen LogP contribution in [0.25, 0.3) is 11.4 Å². The summed E-state index contributed by atoms with van der Waals surface area (Å²) in [5, 5.41) is 23.8.